The van der Waals surface area contributed by atoms with E-state index in [1.165, 1.54) is 0 Å². The van der Waals surface area contributed by atoms with Crippen molar-refractivity contribution in [3.8, 4) is 0 Å². The van der Waals surface area contributed by atoms with Crippen LogP contribution in [-0.4, -0.2) is 16.8 Å². The number of carbonyl (C=O) groups excluding carboxylic acids is 1. The Morgan fingerprint density at radius 1 is 1.50 bits per heavy atom. The van der Waals surface area contributed by atoms with Crippen LogP contribution in [0.25, 0.3) is 0 Å². The monoisotopic (exact) mass is 139 g/mol. The topological polar surface area (TPSA) is 20.3 Å². The van der Waals surface area contributed by atoms with E-state index in [0.29, 0.717) is 12.0 Å². The minimum atomic E-state index is 0.133. The van der Waals surface area contributed by atoms with Gasteiger partial charge in [-0.05, 0) is 12.8 Å². The lowest BCUT2D eigenvalue weighted by Gasteiger charge is -2.20. The molecule has 0 N–H and O–H groups in total. The Kier molecular flexibility index (Phi) is 1.79. The third kappa shape index (κ3) is 1.06. The first kappa shape index (κ1) is 7.32. The van der Waals surface area contributed by atoms with Gasteiger partial charge in [-0.1, -0.05) is 13.0 Å². The first-order valence-electron chi connectivity index (χ1n) is 3.60. The summed E-state index contributed by atoms with van der Waals surface area (Å²) >= 11 is 0. The van der Waals surface area contributed by atoms with E-state index >= 15 is 0 Å². The van der Waals surface area contributed by atoms with E-state index in [2.05, 4.69) is 19.9 Å². The van der Waals surface area contributed by atoms with E-state index in [4.69, 9.17) is 0 Å². The first-order chi connectivity index (χ1) is 4.63. The Labute approximate surface area is 61.5 Å². The molecule has 2 unspecified atom stereocenters. The molecule has 2 heteroatoms. The molecule has 1 aliphatic heterocycles. The molecule has 1 rings (SSSR count). The maximum Gasteiger partial charge on any atom is 0.223 e. The fourth-order valence-electron chi connectivity index (χ4n) is 1.17. The third-order valence-electron chi connectivity index (χ3n) is 2.11. The minimum Gasteiger partial charge on any atom is -0.316 e. The summed E-state index contributed by atoms with van der Waals surface area (Å²) in [5, 5.41) is 0. The molecule has 2 atom stereocenters. The van der Waals surface area contributed by atoms with Crippen LogP contribution >= 0.6 is 0 Å². The van der Waals surface area contributed by atoms with Gasteiger partial charge in [-0.3, -0.25) is 4.79 Å². The Hall–Kier alpha value is -0.790. The minimum absolute atomic E-state index is 0.133. The van der Waals surface area contributed by atoms with Crippen molar-refractivity contribution in [1.29, 1.82) is 0 Å². The second kappa shape index (κ2) is 2.45. The van der Waals surface area contributed by atoms with Crippen molar-refractivity contribution in [2.75, 3.05) is 0 Å². The number of hydrogen-bond acceptors (Lipinski definition) is 1. The van der Waals surface area contributed by atoms with Gasteiger partial charge in [0.05, 0.1) is 0 Å². The van der Waals surface area contributed by atoms with Gasteiger partial charge >= 0.3 is 0 Å². The van der Waals surface area contributed by atoms with Crippen molar-refractivity contribution in [3.63, 3.8) is 0 Å². The van der Waals surface area contributed by atoms with Crippen LogP contribution in [0.5, 0.6) is 0 Å². The molecule has 0 fully saturated rings. The van der Waals surface area contributed by atoms with Crippen molar-refractivity contribution in [1.82, 2.24) is 4.90 Å². The van der Waals surface area contributed by atoms with Gasteiger partial charge in [0.1, 0.15) is 0 Å². The highest BCUT2D eigenvalue weighted by molar-refractivity contribution is 5.75. The lowest BCUT2D eigenvalue weighted by atomic mass is 10.1. The average molecular weight is 139 g/mol. The van der Waals surface area contributed by atoms with Crippen molar-refractivity contribution in [3.05, 3.63) is 12.3 Å². The number of hydrogen-bond donors (Lipinski definition) is 0. The summed E-state index contributed by atoms with van der Waals surface area (Å²) in [6, 6.07) is 0.345. The molecular weight excluding hydrogens is 126 g/mol. The van der Waals surface area contributed by atoms with Gasteiger partial charge in [0.15, 0.2) is 0 Å². The maximum absolute atomic E-state index is 10.9. The van der Waals surface area contributed by atoms with Crippen molar-refractivity contribution < 1.29 is 4.79 Å². The molecule has 56 valence electrons. The van der Waals surface area contributed by atoms with Gasteiger partial charge in [-0.15, -0.1) is 0 Å². The van der Waals surface area contributed by atoms with Crippen molar-refractivity contribution in [2.45, 2.75) is 26.8 Å². The molecule has 0 aromatic carbocycles. The zero-order valence-corrected chi connectivity index (χ0v) is 6.66. The molecule has 0 saturated carbocycles. The van der Waals surface area contributed by atoms with E-state index in [1.807, 2.05) is 6.20 Å². The van der Waals surface area contributed by atoms with Crippen LogP contribution in [0.15, 0.2) is 12.3 Å². The lowest BCUT2D eigenvalue weighted by molar-refractivity contribution is -0.127. The van der Waals surface area contributed by atoms with E-state index in [-0.39, 0.29) is 5.91 Å². The quantitative estimate of drug-likeness (QED) is 0.496. The largest absolute Gasteiger partial charge is 0.316 e. The smallest absolute Gasteiger partial charge is 0.223 e. The Morgan fingerprint density at radius 2 is 2.10 bits per heavy atom. The highest BCUT2D eigenvalue weighted by Gasteiger charge is 2.23. The molecule has 1 aliphatic rings. The highest BCUT2D eigenvalue weighted by atomic mass is 16.2. The van der Waals surface area contributed by atoms with Crippen LogP contribution in [0.1, 0.15) is 20.8 Å². The molecule has 0 aromatic rings. The van der Waals surface area contributed by atoms with Crippen molar-refractivity contribution in [2.24, 2.45) is 5.92 Å². The van der Waals surface area contributed by atoms with E-state index in [9.17, 15) is 4.79 Å². The van der Waals surface area contributed by atoms with E-state index in [1.54, 1.807) is 11.8 Å². The predicted octanol–water partition coefficient (Wildman–Crippen LogP) is 1.39. The molecule has 2 nitrogen and oxygen atoms in total. The van der Waals surface area contributed by atoms with Gasteiger partial charge < -0.3 is 4.90 Å². The lowest BCUT2D eigenvalue weighted by Crippen LogP contribution is -2.31. The molecular formula is C8H13NO. The summed E-state index contributed by atoms with van der Waals surface area (Å²) in [4.78, 5) is 12.6. The van der Waals surface area contributed by atoms with Crippen molar-refractivity contribution >= 4 is 5.91 Å². The predicted molar refractivity (Wildman–Crippen MR) is 40.3 cm³/mol. The van der Waals surface area contributed by atoms with Gasteiger partial charge in [-0.25, -0.2) is 0 Å². The van der Waals surface area contributed by atoms with Gasteiger partial charge in [-0.2, -0.15) is 0 Å². The van der Waals surface area contributed by atoms with Crippen LogP contribution < -0.4 is 0 Å². The molecule has 0 aromatic heterocycles. The average Bonchev–Trinajstić information content (AvgIpc) is 2.14. The maximum atomic E-state index is 10.9. The summed E-state index contributed by atoms with van der Waals surface area (Å²) in [6.07, 6.45) is 3.93. The zero-order valence-electron chi connectivity index (χ0n) is 6.66. The molecule has 0 saturated heterocycles. The van der Waals surface area contributed by atoms with E-state index < -0.39 is 0 Å². The van der Waals surface area contributed by atoms with Crippen LogP contribution in [0.3, 0.4) is 0 Å². The second-order valence-electron chi connectivity index (χ2n) is 2.87. The highest BCUT2D eigenvalue weighted by Crippen LogP contribution is 2.19. The number of rotatable bonds is 0. The molecule has 1 amide bonds. The van der Waals surface area contributed by atoms with Crippen LogP contribution in [0, 0.1) is 5.92 Å². The third-order valence-corrected chi connectivity index (χ3v) is 2.11. The molecule has 0 aliphatic carbocycles. The summed E-state index contributed by atoms with van der Waals surface area (Å²) < 4.78 is 0. The molecule has 0 spiro atoms. The Balaban J connectivity index is 2.66. The number of amides is 1. The zero-order chi connectivity index (χ0) is 7.72. The van der Waals surface area contributed by atoms with Crippen LogP contribution in [-0.2, 0) is 4.79 Å². The Bertz CT molecular complexity index is 174. The molecule has 0 bridgehead atoms. The number of carbonyl (C=O) groups is 1. The summed E-state index contributed by atoms with van der Waals surface area (Å²) in [5.74, 6) is 0.636. The summed E-state index contributed by atoms with van der Waals surface area (Å²) in [7, 11) is 0. The standard InChI is InChI=1S/C8H13NO/c1-6-4-5-9(7(6)2)8(3)10/h4-7H,1-3H3. The molecule has 10 heavy (non-hydrogen) atoms. The van der Waals surface area contributed by atoms with Gasteiger partial charge in [0.25, 0.3) is 0 Å². The normalized spacial score (nSPS) is 31.3. The molecule has 1 heterocycles. The van der Waals surface area contributed by atoms with Crippen LogP contribution in [0.2, 0.25) is 0 Å². The fourth-order valence-corrected chi connectivity index (χ4v) is 1.17. The second-order valence-corrected chi connectivity index (χ2v) is 2.87. The first-order valence-corrected chi connectivity index (χ1v) is 3.60. The Morgan fingerprint density at radius 3 is 2.30 bits per heavy atom. The van der Waals surface area contributed by atoms with E-state index in [0.717, 1.165) is 0 Å². The molecule has 0 radical (unpaired) electrons. The van der Waals surface area contributed by atoms with Gasteiger partial charge in [0, 0.05) is 19.2 Å². The summed E-state index contributed by atoms with van der Waals surface area (Å²) in [6.45, 7) is 5.77. The fraction of sp³-hybridized carbons (Fsp3) is 0.625. The van der Waals surface area contributed by atoms with Gasteiger partial charge in [0.2, 0.25) is 5.91 Å². The number of nitrogens with zero attached hydrogens (tertiary/aromatic N) is 1. The van der Waals surface area contributed by atoms with Crippen LogP contribution in [0.4, 0.5) is 0 Å². The SMILES string of the molecule is CC(=O)N1C=CC(C)C1C. The summed E-state index contributed by atoms with van der Waals surface area (Å²) in [5.41, 5.74) is 0.